The second-order valence-electron chi connectivity index (χ2n) is 6.81. The molecule has 0 atom stereocenters. The Balaban J connectivity index is 1.70. The Morgan fingerprint density at radius 1 is 0.964 bits per heavy atom. The SMILES string of the molecule is CN=C(NCCOc1ccc(C)cc1)NCc1cccc(OCCN(C)C)c1. The van der Waals surface area contributed by atoms with Crippen LogP contribution in [0.2, 0.25) is 0 Å². The van der Waals surface area contributed by atoms with E-state index in [2.05, 4.69) is 39.6 Å². The number of likely N-dealkylation sites (N-methyl/N-ethyl adjacent to an activating group) is 1. The Kier molecular flexibility index (Phi) is 9.15. The predicted octanol–water partition coefficient (Wildman–Crippen LogP) is 2.68. The summed E-state index contributed by atoms with van der Waals surface area (Å²) in [7, 11) is 5.83. The third-order valence-corrected chi connectivity index (χ3v) is 4.07. The molecule has 0 saturated carbocycles. The second-order valence-corrected chi connectivity index (χ2v) is 6.81. The quantitative estimate of drug-likeness (QED) is 0.375. The summed E-state index contributed by atoms with van der Waals surface area (Å²) >= 11 is 0. The van der Waals surface area contributed by atoms with Crippen molar-refractivity contribution in [2.24, 2.45) is 4.99 Å². The minimum absolute atomic E-state index is 0.568. The molecule has 0 bridgehead atoms. The molecule has 6 heteroatoms. The Hall–Kier alpha value is -2.73. The standard InChI is InChI=1S/C22H32N4O2/c1-18-8-10-20(11-9-18)27-14-12-24-22(23-2)25-17-19-6-5-7-21(16-19)28-15-13-26(3)4/h5-11,16H,12-15,17H2,1-4H3,(H2,23,24,25). The highest BCUT2D eigenvalue weighted by Crippen LogP contribution is 2.13. The average Bonchev–Trinajstić information content (AvgIpc) is 2.69. The number of guanidine groups is 1. The van der Waals surface area contributed by atoms with Gasteiger partial charge >= 0.3 is 0 Å². The van der Waals surface area contributed by atoms with Gasteiger partial charge in [-0.2, -0.15) is 0 Å². The Morgan fingerprint density at radius 3 is 2.43 bits per heavy atom. The van der Waals surface area contributed by atoms with Gasteiger partial charge in [-0.05, 0) is 50.8 Å². The summed E-state index contributed by atoms with van der Waals surface area (Å²) in [5.41, 5.74) is 2.36. The Labute approximate surface area is 168 Å². The van der Waals surface area contributed by atoms with Crippen LogP contribution in [-0.2, 0) is 6.54 Å². The van der Waals surface area contributed by atoms with E-state index >= 15 is 0 Å². The molecule has 0 aliphatic carbocycles. The van der Waals surface area contributed by atoms with Gasteiger partial charge in [0.15, 0.2) is 5.96 Å². The summed E-state index contributed by atoms with van der Waals surface area (Å²) in [5, 5.41) is 6.57. The second kappa shape index (κ2) is 11.9. The highest BCUT2D eigenvalue weighted by Gasteiger charge is 2.01. The molecule has 28 heavy (non-hydrogen) atoms. The molecule has 2 N–H and O–H groups in total. The molecule has 2 aromatic carbocycles. The van der Waals surface area contributed by atoms with Crippen molar-refractivity contribution in [3.63, 3.8) is 0 Å². The van der Waals surface area contributed by atoms with Gasteiger partial charge in [-0.3, -0.25) is 4.99 Å². The topological polar surface area (TPSA) is 58.1 Å². The lowest BCUT2D eigenvalue weighted by Crippen LogP contribution is -2.38. The zero-order valence-corrected chi connectivity index (χ0v) is 17.4. The lowest BCUT2D eigenvalue weighted by Gasteiger charge is -2.14. The van der Waals surface area contributed by atoms with Crippen molar-refractivity contribution in [2.45, 2.75) is 13.5 Å². The maximum Gasteiger partial charge on any atom is 0.191 e. The van der Waals surface area contributed by atoms with Crippen molar-refractivity contribution in [3.8, 4) is 11.5 Å². The van der Waals surface area contributed by atoms with E-state index < -0.39 is 0 Å². The molecule has 152 valence electrons. The van der Waals surface area contributed by atoms with Crippen LogP contribution in [0.3, 0.4) is 0 Å². The van der Waals surface area contributed by atoms with Crippen molar-refractivity contribution in [3.05, 3.63) is 59.7 Å². The van der Waals surface area contributed by atoms with Crippen molar-refractivity contribution in [2.75, 3.05) is 47.4 Å². The maximum atomic E-state index is 5.79. The normalized spacial score (nSPS) is 11.4. The number of hydrogen-bond acceptors (Lipinski definition) is 4. The third-order valence-electron chi connectivity index (χ3n) is 4.07. The summed E-state index contributed by atoms with van der Waals surface area (Å²) in [6.45, 7) is 5.54. The minimum Gasteiger partial charge on any atom is -0.492 e. The van der Waals surface area contributed by atoms with Crippen LogP contribution in [0.4, 0.5) is 0 Å². The van der Waals surface area contributed by atoms with E-state index in [1.165, 1.54) is 5.56 Å². The molecule has 0 spiro atoms. The zero-order valence-electron chi connectivity index (χ0n) is 17.4. The lowest BCUT2D eigenvalue weighted by molar-refractivity contribution is 0.261. The number of rotatable bonds is 10. The van der Waals surface area contributed by atoms with E-state index in [9.17, 15) is 0 Å². The van der Waals surface area contributed by atoms with E-state index in [0.29, 0.717) is 26.3 Å². The summed E-state index contributed by atoms with van der Waals surface area (Å²) in [4.78, 5) is 6.35. The first-order valence-corrected chi connectivity index (χ1v) is 9.57. The van der Waals surface area contributed by atoms with Crippen molar-refractivity contribution >= 4 is 5.96 Å². The smallest absolute Gasteiger partial charge is 0.191 e. The summed E-state index contributed by atoms with van der Waals surface area (Å²) in [6, 6.07) is 16.2. The van der Waals surface area contributed by atoms with Crippen LogP contribution in [0.1, 0.15) is 11.1 Å². The number of nitrogens with one attached hydrogen (secondary N) is 2. The molecule has 2 rings (SSSR count). The number of aryl methyl sites for hydroxylation is 1. The highest BCUT2D eigenvalue weighted by atomic mass is 16.5. The first-order chi connectivity index (χ1) is 13.6. The summed E-state index contributed by atoms with van der Waals surface area (Å²) in [6.07, 6.45) is 0. The average molecular weight is 385 g/mol. The lowest BCUT2D eigenvalue weighted by atomic mass is 10.2. The minimum atomic E-state index is 0.568. The van der Waals surface area contributed by atoms with Crippen LogP contribution >= 0.6 is 0 Å². The Bertz CT molecular complexity index is 730. The fourth-order valence-electron chi connectivity index (χ4n) is 2.47. The van der Waals surface area contributed by atoms with Gasteiger partial charge in [0, 0.05) is 20.1 Å². The molecule has 0 fully saturated rings. The van der Waals surface area contributed by atoms with Crippen LogP contribution in [-0.4, -0.2) is 58.3 Å². The van der Waals surface area contributed by atoms with Gasteiger partial charge in [0.1, 0.15) is 24.7 Å². The molecular formula is C22H32N4O2. The zero-order chi connectivity index (χ0) is 20.2. The van der Waals surface area contributed by atoms with Crippen molar-refractivity contribution in [1.29, 1.82) is 0 Å². The molecule has 2 aromatic rings. The predicted molar refractivity (Wildman–Crippen MR) is 115 cm³/mol. The third kappa shape index (κ3) is 8.31. The first kappa shape index (κ1) is 21.6. The van der Waals surface area contributed by atoms with Gasteiger partial charge in [-0.25, -0.2) is 0 Å². The van der Waals surface area contributed by atoms with E-state index in [0.717, 1.165) is 29.6 Å². The summed E-state index contributed by atoms with van der Waals surface area (Å²) < 4.78 is 11.5. The highest BCUT2D eigenvalue weighted by molar-refractivity contribution is 5.79. The number of aliphatic imine (C=N–C) groups is 1. The fraction of sp³-hybridized carbons (Fsp3) is 0.409. The summed E-state index contributed by atoms with van der Waals surface area (Å²) in [5.74, 6) is 2.50. The molecule has 0 unspecified atom stereocenters. The largest absolute Gasteiger partial charge is 0.492 e. The van der Waals surface area contributed by atoms with Gasteiger partial charge in [0.05, 0.1) is 6.54 Å². The number of hydrogen-bond donors (Lipinski definition) is 2. The molecule has 0 radical (unpaired) electrons. The van der Waals surface area contributed by atoms with Gasteiger partial charge in [-0.15, -0.1) is 0 Å². The van der Waals surface area contributed by atoms with E-state index in [1.807, 2.05) is 50.5 Å². The van der Waals surface area contributed by atoms with Crippen LogP contribution in [0.15, 0.2) is 53.5 Å². The van der Waals surface area contributed by atoms with Crippen LogP contribution in [0, 0.1) is 6.92 Å². The Morgan fingerprint density at radius 2 is 1.71 bits per heavy atom. The van der Waals surface area contributed by atoms with Gasteiger partial charge in [-0.1, -0.05) is 29.8 Å². The van der Waals surface area contributed by atoms with Crippen LogP contribution < -0.4 is 20.1 Å². The van der Waals surface area contributed by atoms with E-state index in [4.69, 9.17) is 9.47 Å². The van der Waals surface area contributed by atoms with Crippen molar-refractivity contribution in [1.82, 2.24) is 15.5 Å². The maximum absolute atomic E-state index is 5.79. The van der Waals surface area contributed by atoms with E-state index in [1.54, 1.807) is 7.05 Å². The van der Waals surface area contributed by atoms with Crippen LogP contribution in [0.5, 0.6) is 11.5 Å². The molecule has 0 aliphatic heterocycles. The first-order valence-electron chi connectivity index (χ1n) is 9.57. The molecule has 0 heterocycles. The molecule has 6 nitrogen and oxygen atoms in total. The molecule has 0 amide bonds. The molecule has 0 aromatic heterocycles. The number of nitrogens with zero attached hydrogens (tertiary/aromatic N) is 2. The van der Waals surface area contributed by atoms with E-state index in [-0.39, 0.29) is 0 Å². The van der Waals surface area contributed by atoms with Crippen molar-refractivity contribution < 1.29 is 9.47 Å². The van der Waals surface area contributed by atoms with Gasteiger partial charge < -0.3 is 25.0 Å². The number of benzene rings is 2. The van der Waals surface area contributed by atoms with Gasteiger partial charge in [0.2, 0.25) is 0 Å². The monoisotopic (exact) mass is 384 g/mol. The van der Waals surface area contributed by atoms with Gasteiger partial charge in [0.25, 0.3) is 0 Å². The molecule has 0 saturated heterocycles. The molecular weight excluding hydrogens is 352 g/mol. The fourth-order valence-corrected chi connectivity index (χ4v) is 2.47. The molecule has 0 aliphatic rings. The van der Waals surface area contributed by atoms with Crippen LogP contribution in [0.25, 0.3) is 0 Å². The number of ether oxygens (including phenoxy) is 2.